The smallest absolute Gasteiger partial charge is 0.316 e. The van der Waals surface area contributed by atoms with Gasteiger partial charge in [-0.05, 0) is 39.2 Å². The van der Waals surface area contributed by atoms with E-state index in [0.717, 1.165) is 5.56 Å². The Bertz CT molecular complexity index is 749. The van der Waals surface area contributed by atoms with Crippen LogP contribution in [-0.4, -0.2) is 55.9 Å². The Morgan fingerprint density at radius 2 is 1.62 bits per heavy atom. The van der Waals surface area contributed by atoms with Crippen LogP contribution in [0.4, 0.5) is 0 Å². The van der Waals surface area contributed by atoms with E-state index in [4.69, 9.17) is 4.74 Å². The Hall–Kier alpha value is -1.89. The van der Waals surface area contributed by atoms with Gasteiger partial charge >= 0.3 is 5.97 Å². The molecule has 1 unspecified atom stereocenters. The third-order valence-electron chi connectivity index (χ3n) is 5.33. The number of nitrogens with zero attached hydrogens (tertiary/aromatic N) is 1. The van der Waals surface area contributed by atoms with Crippen molar-refractivity contribution in [2.24, 2.45) is 0 Å². The predicted octanol–water partition coefficient (Wildman–Crippen LogP) is 1.93. The van der Waals surface area contributed by atoms with Crippen LogP contribution in [0.5, 0.6) is 0 Å². The van der Waals surface area contributed by atoms with Crippen LogP contribution in [0, 0.1) is 0 Å². The minimum absolute atomic E-state index is 0.320. The summed E-state index contributed by atoms with van der Waals surface area (Å²) in [5, 5.41) is -1.69. The van der Waals surface area contributed by atoms with Crippen LogP contribution in [0.2, 0.25) is 0 Å². The van der Waals surface area contributed by atoms with E-state index >= 15 is 0 Å². The van der Waals surface area contributed by atoms with Gasteiger partial charge in [0, 0.05) is 13.1 Å². The number of carbonyl (C=O) groups is 2. The summed E-state index contributed by atoms with van der Waals surface area (Å²) in [6, 6.07) is 9.40. The van der Waals surface area contributed by atoms with Crippen molar-refractivity contribution in [2.45, 2.75) is 49.5 Å². The normalized spacial score (nSPS) is 18.4. The number of hydrogen-bond donors (Lipinski definition) is 0. The Kier molecular flexibility index (Phi) is 6.11. The highest BCUT2D eigenvalue weighted by atomic mass is 32.2. The number of amides is 1. The predicted molar refractivity (Wildman–Crippen MR) is 99.5 cm³/mol. The van der Waals surface area contributed by atoms with Gasteiger partial charge in [-0.1, -0.05) is 30.3 Å². The van der Waals surface area contributed by atoms with E-state index in [1.807, 2.05) is 30.3 Å². The SMILES string of the molecule is COC(=O)C1(c2ccccc2)CCN(C(=O)C(C)S(=O)(=O)C(C)C)CC1. The first-order chi connectivity index (χ1) is 12.2. The molecule has 0 aliphatic carbocycles. The van der Waals surface area contributed by atoms with Gasteiger partial charge in [0.25, 0.3) is 0 Å². The summed E-state index contributed by atoms with van der Waals surface area (Å²) in [5.41, 5.74) is 0.0641. The molecule has 1 heterocycles. The number of sulfone groups is 1. The minimum atomic E-state index is -3.51. The number of rotatable bonds is 5. The van der Waals surface area contributed by atoms with Crippen LogP contribution in [0.1, 0.15) is 39.2 Å². The molecule has 0 saturated carbocycles. The lowest BCUT2D eigenvalue weighted by atomic mass is 9.72. The molecule has 1 aliphatic heterocycles. The maximum atomic E-state index is 12.7. The molecule has 7 heteroatoms. The van der Waals surface area contributed by atoms with Crippen molar-refractivity contribution in [2.75, 3.05) is 20.2 Å². The molecule has 1 aromatic carbocycles. The van der Waals surface area contributed by atoms with E-state index < -0.39 is 31.7 Å². The zero-order valence-corrected chi connectivity index (χ0v) is 16.6. The fraction of sp³-hybridized carbons (Fsp3) is 0.579. The lowest BCUT2D eigenvalue weighted by molar-refractivity contribution is -0.151. The van der Waals surface area contributed by atoms with Crippen LogP contribution in [0.25, 0.3) is 0 Å². The molecule has 144 valence electrons. The molecule has 2 rings (SSSR count). The van der Waals surface area contributed by atoms with Gasteiger partial charge in [-0.2, -0.15) is 0 Å². The van der Waals surface area contributed by atoms with Crippen LogP contribution >= 0.6 is 0 Å². The van der Waals surface area contributed by atoms with E-state index in [9.17, 15) is 18.0 Å². The summed E-state index contributed by atoms with van der Waals surface area (Å²) in [6.45, 7) is 5.23. The first-order valence-corrected chi connectivity index (χ1v) is 10.4. The number of ether oxygens (including phenoxy) is 1. The highest BCUT2D eigenvalue weighted by molar-refractivity contribution is 7.93. The highest BCUT2D eigenvalue weighted by Crippen LogP contribution is 2.37. The van der Waals surface area contributed by atoms with Crippen LogP contribution < -0.4 is 0 Å². The number of hydrogen-bond acceptors (Lipinski definition) is 5. The molecule has 1 saturated heterocycles. The summed E-state index contributed by atoms with van der Waals surface area (Å²) < 4.78 is 29.6. The van der Waals surface area contributed by atoms with Crippen molar-refractivity contribution in [3.05, 3.63) is 35.9 Å². The standard InChI is InChI=1S/C19H27NO5S/c1-14(2)26(23,24)15(3)17(21)20-12-10-19(11-13-20,18(22)25-4)16-8-6-5-7-9-16/h5-9,14-15H,10-13H2,1-4H3. The molecular formula is C19H27NO5S. The van der Waals surface area contributed by atoms with Gasteiger partial charge < -0.3 is 9.64 Å². The molecule has 0 aromatic heterocycles. The lowest BCUT2D eigenvalue weighted by Crippen LogP contribution is -2.52. The molecular weight excluding hydrogens is 354 g/mol. The Balaban J connectivity index is 2.20. The van der Waals surface area contributed by atoms with Crippen molar-refractivity contribution < 1.29 is 22.7 Å². The summed E-state index contributed by atoms with van der Waals surface area (Å²) in [5.74, 6) is -0.719. The topological polar surface area (TPSA) is 80.8 Å². The molecule has 0 bridgehead atoms. The summed E-state index contributed by atoms with van der Waals surface area (Å²) in [6.07, 6.45) is 0.813. The number of likely N-dealkylation sites (tertiary alicyclic amines) is 1. The molecule has 1 amide bonds. The molecule has 0 radical (unpaired) electrons. The second-order valence-corrected chi connectivity index (χ2v) is 9.87. The summed E-state index contributed by atoms with van der Waals surface area (Å²) in [4.78, 5) is 26.7. The van der Waals surface area contributed by atoms with Gasteiger partial charge in [-0.15, -0.1) is 0 Å². The van der Waals surface area contributed by atoms with E-state index in [-0.39, 0.29) is 5.97 Å². The molecule has 26 heavy (non-hydrogen) atoms. The Morgan fingerprint density at radius 3 is 2.08 bits per heavy atom. The molecule has 1 aromatic rings. The summed E-state index contributed by atoms with van der Waals surface area (Å²) in [7, 11) is -2.15. The van der Waals surface area contributed by atoms with Crippen LogP contribution in [0.15, 0.2) is 30.3 Å². The van der Waals surface area contributed by atoms with Crippen molar-refractivity contribution in [1.29, 1.82) is 0 Å². The number of benzene rings is 1. The van der Waals surface area contributed by atoms with E-state index in [1.165, 1.54) is 14.0 Å². The van der Waals surface area contributed by atoms with Gasteiger partial charge in [-0.25, -0.2) is 8.42 Å². The van der Waals surface area contributed by atoms with Gasteiger partial charge in [0.15, 0.2) is 9.84 Å². The van der Waals surface area contributed by atoms with E-state index in [0.29, 0.717) is 25.9 Å². The monoisotopic (exact) mass is 381 g/mol. The number of carbonyl (C=O) groups excluding carboxylic acids is 2. The maximum absolute atomic E-state index is 12.7. The van der Waals surface area contributed by atoms with Crippen molar-refractivity contribution >= 4 is 21.7 Å². The van der Waals surface area contributed by atoms with Crippen LogP contribution in [0.3, 0.4) is 0 Å². The van der Waals surface area contributed by atoms with E-state index in [1.54, 1.807) is 18.7 Å². The van der Waals surface area contributed by atoms with Crippen molar-refractivity contribution in [1.82, 2.24) is 4.90 Å². The lowest BCUT2D eigenvalue weighted by Gasteiger charge is -2.40. The fourth-order valence-corrected chi connectivity index (χ4v) is 4.72. The largest absolute Gasteiger partial charge is 0.468 e. The van der Waals surface area contributed by atoms with Gasteiger partial charge in [0.1, 0.15) is 5.25 Å². The Morgan fingerprint density at radius 1 is 1.08 bits per heavy atom. The second kappa shape index (κ2) is 7.78. The number of piperidine rings is 1. The number of esters is 1. The van der Waals surface area contributed by atoms with Crippen molar-refractivity contribution in [3.63, 3.8) is 0 Å². The first kappa shape index (κ1) is 20.4. The molecule has 1 aliphatic rings. The third kappa shape index (κ3) is 3.63. The minimum Gasteiger partial charge on any atom is -0.468 e. The third-order valence-corrected chi connectivity index (χ3v) is 7.83. The Labute approximate surface area is 155 Å². The molecule has 0 spiro atoms. The van der Waals surface area contributed by atoms with Gasteiger partial charge in [0.05, 0.1) is 17.8 Å². The molecule has 0 N–H and O–H groups in total. The first-order valence-electron chi connectivity index (χ1n) is 8.82. The number of methoxy groups -OCH3 is 1. The average Bonchev–Trinajstić information content (AvgIpc) is 2.66. The zero-order chi connectivity index (χ0) is 19.5. The second-order valence-electron chi connectivity index (χ2n) is 7.05. The molecule has 1 fully saturated rings. The van der Waals surface area contributed by atoms with Gasteiger partial charge in [-0.3, -0.25) is 9.59 Å². The fourth-order valence-electron chi connectivity index (χ4n) is 3.48. The quantitative estimate of drug-likeness (QED) is 0.728. The van der Waals surface area contributed by atoms with Crippen LogP contribution in [-0.2, 0) is 29.6 Å². The van der Waals surface area contributed by atoms with Gasteiger partial charge in [0.2, 0.25) is 5.91 Å². The summed E-state index contributed by atoms with van der Waals surface area (Å²) >= 11 is 0. The molecule has 1 atom stereocenters. The highest BCUT2D eigenvalue weighted by Gasteiger charge is 2.46. The maximum Gasteiger partial charge on any atom is 0.316 e. The van der Waals surface area contributed by atoms with Crippen molar-refractivity contribution in [3.8, 4) is 0 Å². The average molecular weight is 381 g/mol. The zero-order valence-electron chi connectivity index (χ0n) is 15.8. The molecule has 6 nitrogen and oxygen atoms in total. The van der Waals surface area contributed by atoms with E-state index in [2.05, 4.69) is 0 Å².